The summed E-state index contributed by atoms with van der Waals surface area (Å²) in [7, 11) is 0. The molecule has 0 radical (unpaired) electrons. The normalized spacial score (nSPS) is 10.9. The van der Waals surface area contributed by atoms with Gasteiger partial charge in [-0.3, -0.25) is 0 Å². The molecule has 2 nitrogen and oxygen atoms in total. The van der Waals surface area contributed by atoms with Crippen LogP contribution in [0.4, 0.5) is 0 Å². The van der Waals surface area contributed by atoms with Gasteiger partial charge in [-0.2, -0.15) is 0 Å². The highest BCUT2D eigenvalue weighted by atomic mass is 32.1. The zero-order valence-corrected chi connectivity index (χ0v) is 14.5. The maximum absolute atomic E-state index is 11.4. The molecule has 0 aliphatic heterocycles. The average Bonchev–Trinajstić information content (AvgIpc) is 3.02. The van der Waals surface area contributed by atoms with E-state index in [0.717, 1.165) is 11.1 Å². The number of allylic oxidation sites excluding steroid dienone is 1. The van der Waals surface area contributed by atoms with Crippen LogP contribution in [0.15, 0.2) is 72.8 Å². The summed E-state index contributed by atoms with van der Waals surface area (Å²) in [5, 5.41) is 0. The van der Waals surface area contributed by atoms with Crippen molar-refractivity contribution in [2.75, 3.05) is 0 Å². The molecule has 0 N–H and O–H groups in total. The molecule has 24 heavy (non-hydrogen) atoms. The third kappa shape index (κ3) is 3.81. The summed E-state index contributed by atoms with van der Waals surface area (Å²) in [6, 6.07) is 20.4. The number of esters is 1. The minimum absolute atomic E-state index is 0.360. The molecule has 0 bridgehead atoms. The second-order valence-corrected chi connectivity index (χ2v) is 6.72. The van der Waals surface area contributed by atoms with Crippen LogP contribution < -0.4 is 4.74 Å². The van der Waals surface area contributed by atoms with Gasteiger partial charge in [-0.1, -0.05) is 42.5 Å². The van der Waals surface area contributed by atoms with Crippen molar-refractivity contribution in [2.24, 2.45) is 0 Å². The van der Waals surface area contributed by atoms with Gasteiger partial charge in [0.1, 0.15) is 5.75 Å². The van der Waals surface area contributed by atoms with Crippen molar-refractivity contribution in [1.29, 1.82) is 0 Å². The monoisotopic (exact) mass is 334 g/mol. The maximum Gasteiger partial charge on any atom is 0.335 e. The number of carbonyl (C=O) groups excluding carboxylic acids is 1. The van der Waals surface area contributed by atoms with Crippen LogP contribution in [0.2, 0.25) is 0 Å². The molecule has 0 aliphatic rings. The van der Waals surface area contributed by atoms with Crippen LogP contribution in [0.3, 0.4) is 0 Å². The van der Waals surface area contributed by atoms with Crippen molar-refractivity contribution in [2.45, 2.75) is 13.8 Å². The predicted molar refractivity (Wildman–Crippen MR) is 100 cm³/mol. The van der Waals surface area contributed by atoms with Crippen LogP contribution in [0.1, 0.15) is 11.8 Å². The second-order valence-electron chi connectivity index (χ2n) is 5.43. The Morgan fingerprint density at radius 3 is 2.00 bits per heavy atom. The van der Waals surface area contributed by atoms with Gasteiger partial charge >= 0.3 is 5.97 Å². The lowest BCUT2D eigenvalue weighted by atomic mass is 10.0. The summed E-state index contributed by atoms with van der Waals surface area (Å²) >= 11 is 1.80. The third-order valence-corrected chi connectivity index (χ3v) is 4.67. The van der Waals surface area contributed by atoms with Crippen LogP contribution in [0.5, 0.6) is 5.75 Å². The minimum Gasteiger partial charge on any atom is -0.423 e. The van der Waals surface area contributed by atoms with Gasteiger partial charge in [0.05, 0.1) is 0 Å². The summed E-state index contributed by atoms with van der Waals surface area (Å²) < 4.78 is 5.20. The van der Waals surface area contributed by atoms with Gasteiger partial charge in [-0.15, -0.1) is 11.3 Å². The number of thiophene rings is 1. The number of aryl methyl sites for hydroxylation is 1. The highest BCUT2D eigenvalue weighted by molar-refractivity contribution is 7.15. The number of benzene rings is 2. The number of hydrogen-bond acceptors (Lipinski definition) is 3. The molecule has 0 fully saturated rings. The molecule has 0 spiro atoms. The fourth-order valence-corrected chi connectivity index (χ4v) is 3.29. The topological polar surface area (TPSA) is 26.3 Å². The third-order valence-electron chi connectivity index (χ3n) is 3.62. The Balaban J connectivity index is 1.76. The molecule has 0 unspecified atom stereocenters. The highest BCUT2D eigenvalue weighted by Gasteiger charge is 2.04. The Hall–Kier alpha value is -2.65. The number of rotatable bonds is 4. The number of ether oxygens (including phenoxy) is 1. The van der Waals surface area contributed by atoms with Gasteiger partial charge in [0.2, 0.25) is 0 Å². The van der Waals surface area contributed by atoms with Crippen molar-refractivity contribution < 1.29 is 9.53 Å². The molecule has 0 saturated carbocycles. The largest absolute Gasteiger partial charge is 0.423 e. The first-order valence-electron chi connectivity index (χ1n) is 7.77. The summed E-state index contributed by atoms with van der Waals surface area (Å²) in [6.45, 7) is 3.90. The van der Waals surface area contributed by atoms with E-state index in [1.807, 2.05) is 24.3 Å². The Labute approximate surface area is 146 Å². The fourth-order valence-electron chi connectivity index (χ4n) is 2.42. The second kappa shape index (κ2) is 7.28. The quantitative estimate of drug-likeness (QED) is 0.339. The van der Waals surface area contributed by atoms with Gasteiger partial charge in [-0.25, -0.2) is 4.79 Å². The van der Waals surface area contributed by atoms with Gasteiger partial charge in [-0.05, 0) is 54.8 Å². The van der Waals surface area contributed by atoms with E-state index in [9.17, 15) is 4.79 Å². The smallest absolute Gasteiger partial charge is 0.335 e. The van der Waals surface area contributed by atoms with Gasteiger partial charge in [0, 0.05) is 15.8 Å². The Morgan fingerprint density at radius 1 is 0.875 bits per heavy atom. The molecule has 3 heteroatoms. The fraction of sp³-hybridized carbons (Fsp3) is 0.0952. The van der Waals surface area contributed by atoms with E-state index in [4.69, 9.17) is 4.74 Å². The predicted octanol–water partition coefficient (Wildman–Crippen LogP) is 5.87. The van der Waals surface area contributed by atoms with Crippen molar-refractivity contribution in [3.05, 3.63) is 77.7 Å². The van der Waals surface area contributed by atoms with E-state index in [-0.39, 0.29) is 5.97 Å². The van der Waals surface area contributed by atoms with E-state index >= 15 is 0 Å². The zero-order valence-electron chi connectivity index (χ0n) is 13.7. The number of hydrogen-bond donors (Lipinski definition) is 0. The van der Waals surface area contributed by atoms with E-state index < -0.39 is 0 Å². The molecule has 3 rings (SSSR count). The molecule has 0 aliphatic carbocycles. The molecule has 2 aromatic carbocycles. The van der Waals surface area contributed by atoms with Gasteiger partial charge < -0.3 is 4.74 Å². The summed E-state index contributed by atoms with van der Waals surface area (Å²) in [4.78, 5) is 14.0. The summed E-state index contributed by atoms with van der Waals surface area (Å²) in [6.07, 6.45) is 3.06. The molecular formula is C21H18O2S. The number of carbonyl (C=O) groups is 1. The van der Waals surface area contributed by atoms with Crippen LogP contribution in [-0.2, 0) is 4.79 Å². The van der Waals surface area contributed by atoms with Gasteiger partial charge in [0.15, 0.2) is 0 Å². The van der Waals surface area contributed by atoms with Crippen molar-refractivity contribution in [3.63, 3.8) is 0 Å². The van der Waals surface area contributed by atoms with Crippen LogP contribution in [0, 0.1) is 6.92 Å². The van der Waals surface area contributed by atoms with Crippen molar-refractivity contribution >= 4 is 17.3 Å². The average molecular weight is 334 g/mol. The van der Waals surface area contributed by atoms with Crippen LogP contribution >= 0.6 is 11.3 Å². The Bertz CT molecular complexity index is 856. The molecule has 0 saturated heterocycles. The Morgan fingerprint density at radius 2 is 1.46 bits per heavy atom. The molecule has 1 heterocycles. The Kier molecular flexibility index (Phi) is 4.92. The lowest BCUT2D eigenvalue weighted by Crippen LogP contribution is -2.03. The summed E-state index contributed by atoms with van der Waals surface area (Å²) in [5.74, 6) is 0.188. The van der Waals surface area contributed by atoms with E-state index in [2.05, 4.69) is 43.3 Å². The maximum atomic E-state index is 11.4. The minimum atomic E-state index is -0.360. The first-order chi connectivity index (χ1) is 11.7. The molecule has 0 amide bonds. The van der Waals surface area contributed by atoms with E-state index in [1.54, 1.807) is 24.3 Å². The molecule has 1 aromatic heterocycles. The highest BCUT2D eigenvalue weighted by Crippen LogP contribution is 2.30. The van der Waals surface area contributed by atoms with Gasteiger partial charge in [0.25, 0.3) is 0 Å². The molecule has 3 aromatic rings. The first-order valence-corrected chi connectivity index (χ1v) is 8.59. The van der Waals surface area contributed by atoms with Crippen LogP contribution in [-0.4, -0.2) is 5.97 Å². The van der Waals surface area contributed by atoms with Crippen molar-refractivity contribution in [1.82, 2.24) is 0 Å². The van der Waals surface area contributed by atoms with Crippen LogP contribution in [0.25, 0.3) is 21.6 Å². The molecule has 0 atom stereocenters. The zero-order chi connectivity index (χ0) is 16.9. The van der Waals surface area contributed by atoms with Crippen molar-refractivity contribution in [3.8, 4) is 27.3 Å². The van der Waals surface area contributed by atoms with E-state index in [1.165, 1.54) is 21.4 Å². The lowest BCUT2D eigenvalue weighted by Gasteiger charge is -2.05. The standard InChI is InChI=1S/C21H18O2S/c1-3-4-21(22)23-19-12-10-17(11-13-19)16-6-8-18(9-7-16)20-14-5-15(2)24-20/h3-14H,1-2H3/b4-3+. The van der Waals surface area contributed by atoms with E-state index in [0.29, 0.717) is 5.75 Å². The SMILES string of the molecule is C/C=C/C(=O)Oc1ccc(-c2ccc(-c3ccc(C)s3)cc2)cc1. The lowest BCUT2D eigenvalue weighted by molar-refractivity contribution is -0.129. The molecular weight excluding hydrogens is 316 g/mol. The first kappa shape index (κ1) is 16.2. The molecule has 120 valence electrons. The summed E-state index contributed by atoms with van der Waals surface area (Å²) in [5.41, 5.74) is 3.46.